The lowest BCUT2D eigenvalue weighted by molar-refractivity contribution is -0.137. The number of ketones is 1. The van der Waals surface area contributed by atoms with Crippen LogP contribution in [0.4, 0.5) is 19.1 Å². The summed E-state index contributed by atoms with van der Waals surface area (Å²) in [4.78, 5) is 12.5. The predicted molar refractivity (Wildman–Crippen MR) is 84.3 cm³/mol. The number of anilines is 1. The molecule has 9 heteroatoms. The summed E-state index contributed by atoms with van der Waals surface area (Å²) in [6.45, 7) is 3.50. The summed E-state index contributed by atoms with van der Waals surface area (Å²) >= 11 is 0. The number of hydrogen-bond acceptors (Lipinski definition) is 5. The van der Waals surface area contributed by atoms with Gasteiger partial charge in [-0.25, -0.2) is 4.68 Å². The fraction of sp³-hybridized carbons (Fsp3) is 0.250. The molecule has 2 aromatic rings. The summed E-state index contributed by atoms with van der Waals surface area (Å²) in [7, 11) is 0. The molecule has 1 aliphatic heterocycles. The molecule has 6 nitrogen and oxygen atoms in total. The SMILES string of the molecule is CC1=C(C(=O)/C=C/c2cccc(C(F)(F)F)c2)C(C)n2nnnc2N1. The number of alkyl halides is 3. The topological polar surface area (TPSA) is 72.7 Å². The molecule has 0 fully saturated rings. The largest absolute Gasteiger partial charge is 0.416 e. The maximum absolute atomic E-state index is 12.7. The van der Waals surface area contributed by atoms with Crippen LogP contribution in [0.1, 0.15) is 31.0 Å². The summed E-state index contributed by atoms with van der Waals surface area (Å²) in [6, 6.07) is 4.40. The molecular formula is C16H14F3N5O. The Hall–Kier alpha value is -2.97. The van der Waals surface area contributed by atoms with E-state index in [2.05, 4.69) is 20.8 Å². The summed E-state index contributed by atoms with van der Waals surface area (Å²) in [5.41, 5.74) is 0.584. The van der Waals surface area contributed by atoms with Crippen LogP contribution in [-0.4, -0.2) is 26.0 Å². The number of hydrogen-bond donors (Lipinski definition) is 1. The van der Waals surface area contributed by atoms with Crippen LogP contribution >= 0.6 is 0 Å². The third-order valence-electron chi connectivity index (χ3n) is 3.89. The van der Waals surface area contributed by atoms with Gasteiger partial charge in [-0.05, 0) is 48.0 Å². The van der Waals surface area contributed by atoms with Crippen LogP contribution in [0, 0.1) is 0 Å². The van der Waals surface area contributed by atoms with Gasteiger partial charge in [-0.2, -0.15) is 13.2 Å². The van der Waals surface area contributed by atoms with E-state index < -0.39 is 11.7 Å². The standard InChI is InChI=1S/C16H14F3N5O/c1-9-14(10(2)24-15(20-9)21-22-23-24)13(25)7-6-11-4-3-5-12(8-11)16(17,18)19/h3-8,10H,1-2H3,(H,20,21,23)/b7-6+. The van der Waals surface area contributed by atoms with E-state index in [9.17, 15) is 18.0 Å². The van der Waals surface area contributed by atoms with Gasteiger partial charge in [-0.1, -0.05) is 23.3 Å². The number of nitrogens with one attached hydrogen (secondary N) is 1. The third kappa shape index (κ3) is 3.30. The Bertz CT molecular complexity index is 882. The van der Waals surface area contributed by atoms with Gasteiger partial charge in [0.1, 0.15) is 0 Å². The molecule has 25 heavy (non-hydrogen) atoms. The molecule has 0 saturated carbocycles. The molecule has 1 N–H and O–H groups in total. The highest BCUT2D eigenvalue weighted by molar-refractivity contribution is 6.07. The van der Waals surface area contributed by atoms with Crippen molar-refractivity contribution in [1.82, 2.24) is 20.2 Å². The third-order valence-corrected chi connectivity index (χ3v) is 3.89. The lowest BCUT2D eigenvalue weighted by Gasteiger charge is -2.23. The maximum atomic E-state index is 12.7. The van der Waals surface area contributed by atoms with Crippen LogP contribution in [0.2, 0.25) is 0 Å². The van der Waals surface area contributed by atoms with E-state index in [4.69, 9.17) is 0 Å². The van der Waals surface area contributed by atoms with Crippen LogP contribution < -0.4 is 5.32 Å². The average molecular weight is 349 g/mol. The molecule has 0 saturated heterocycles. The van der Waals surface area contributed by atoms with Gasteiger partial charge in [0.2, 0.25) is 5.95 Å². The second kappa shape index (κ2) is 6.15. The molecule has 130 valence electrons. The fourth-order valence-corrected chi connectivity index (χ4v) is 2.68. The molecule has 2 heterocycles. The van der Waals surface area contributed by atoms with Crippen LogP contribution in [0.15, 0.2) is 41.6 Å². The molecule has 1 unspecified atom stereocenters. The Morgan fingerprint density at radius 3 is 2.84 bits per heavy atom. The molecule has 1 aromatic carbocycles. The number of carbonyl (C=O) groups excluding carboxylic acids is 1. The van der Waals surface area contributed by atoms with Gasteiger partial charge < -0.3 is 5.32 Å². The van der Waals surface area contributed by atoms with E-state index in [1.165, 1.54) is 29.0 Å². The van der Waals surface area contributed by atoms with Crippen molar-refractivity contribution in [2.24, 2.45) is 0 Å². The van der Waals surface area contributed by atoms with Gasteiger partial charge in [-0.15, -0.1) is 0 Å². The Balaban J connectivity index is 1.84. The highest BCUT2D eigenvalue weighted by Gasteiger charge is 2.30. The van der Waals surface area contributed by atoms with E-state index in [-0.39, 0.29) is 11.8 Å². The molecule has 0 radical (unpaired) electrons. The Labute approximate surface area is 141 Å². The van der Waals surface area contributed by atoms with E-state index in [1.807, 2.05) is 0 Å². The van der Waals surface area contributed by atoms with Crippen molar-refractivity contribution >= 4 is 17.8 Å². The zero-order chi connectivity index (χ0) is 18.2. The number of aromatic nitrogens is 4. The zero-order valence-electron chi connectivity index (χ0n) is 13.4. The van der Waals surface area contributed by atoms with E-state index >= 15 is 0 Å². The van der Waals surface area contributed by atoms with Crippen molar-refractivity contribution in [1.29, 1.82) is 0 Å². The Kier molecular flexibility index (Phi) is 4.15. The summed E-state index contributed by atoms with van der Waals surface area (Å²) in [6.07, 6.45) is -1.81. The van der Waals surface area contributed by atoms with Crippen molar-refractivity contribution in [3.05, 3.63) is 52.7 Å². The first-order chi connectivity index (χ1) is 11.8. The van der Waals surface area contributed by atoms with Gasteiger partial charge in [0.25, 0.3) is 0 Å². The number of rotatable bonds is 3. The minimum absolute atomic E-state index is 0.293. The van der Waals surface area contributed by atoms with Crippen molar-refractivity contribution < 1.29 is 18.0 Å². The van der Waals surface area contributed by atoms with Crippen molar-refractivity contribution in [3.8, 4) is 0 Å². The molecule has 3 rings (SSSR count). The van der Waals surface area contributed by atoms with Gasteiger partial charge in [0.05, 0.1) is 11.6 Å². The number of tetrazole rings is 1. The minimum Gasteiger partial charge on any atom is -0.327 e. The second-order valence-corrected chi connectivity index (χ2v) is 5.61. The fourth-order valence-electron chi connectivity index (χ4n) is 2.68. The smallest absolute Gasteiger partial charge is 0.327 e. The second-order valence-electron chi connectivity index (χ2n) is 5.61. The highest BCUT2D eigenvalue weighted by Crippen LogP contribution is 2.31. The molecule has 0 spiro atoms. The van der Waals surface area contributed by atoms with Crippen LogP contribution in [-0.2, 0) is 11.0 Å². The number of benzene rings is 1. The monoisotopic (exact) mass is 349 g/mol. The number of allylic oxidation sites excluding steroid dienone is 3. The normalized spacial score (nSPS) is 17.6. The van der Waals surface area contributed by atoms with Crippen molar-refractivity contribution in [2.45, 2.75) is 26.1 Å². The van der Waals surface area contributed by atoms with Gasteiger partial charge in [0, 0.05) is 11.3 Å². The molecule has 1 atom stereocenters. The molecule has 0 bridgehead atoms. The summed E-state index contributed by atoms with van der Waals surface area (Å²) in [5, 5.41) is 14.1. The number of fused-ring (bicyclic) bond motifs is 1. The first kappa shape index (κ1) is 16.9. The van der Waals surface area contributed by atoms with Crippen molar-refractivity contribution in [3.63, 3.8) is 0 Å². The Morgan fingerprint density at radius 2 is 2.12 bits per heavy atom. The number of carbonyl (C=O) groups is 1. The Morgan fingerprint density at radius 1 is 1.36 bits per heavy atom. The lowest BCUT2D eigenvalue weighted by Crippen LogP contribution is -2.25. The molecule has 0 amide bonds. The average Bonchev–Trinajstić information content (AvgIpc) is 3.01. The summed E-state index contributed by atoms with van der Waals surface area (Å²) < 4.78 is 39.7. The van der Waals surface area contributed by atoms with Gasteiger partial charge >= 0.3 is 6.18 Å². The van der Waals surface area contributed by atoms with E-state index in [0.29, 0.717) is 22.8 Å². The van der Waals surface area contributed by atoms with E-state index in [0.717, 1.165) is 12.1 Å². The molecule has 1 aromatic heterocycles. The first-order valence-electron chi connectivity index (χ1n) is 7.42. The number of nitrogens with zero attached hydrogens (tertiary/aromatic N) is 4. The summed E-state index contributed by atoms with van der Waals surface area (Å²) in [5.74, 6) is 0.111. The van der Waals surface area contributed by atoms with Gasteiger partial charge in [-0.3, -0.25) is 4.79 Å². The molecular weight excluding hydrogens is 335 g/mol. The van der Waals surface area contributed by atoms with E-state index in [1.54, 1.807) is 13.8 Å². The quantitative estimate of drug-likeness (QED) is 0.862. The maximum Gasteiger partial charge on any atom is 0.416 e. The predicted octanol–water partition coefficient (Wildman–Crippen LogP) is 3.23. The molecule has 1 aliphatic rings. The van der Waals surface area contributed by atoms with Crippen LogP contribution in [0.3, 0.4) is 0 Å². The van der Waals surface area contributed by atoms with Gasteiger partial charge in [0.15, 0.2) is 5.78 Å². The van der Waals surface area contributed by atoms with Crippen LogP contribution in [0.5, 0.6) is 0 Å². The minimum atomic E-state index is -4.43. The molecule has 0 aliphatic carbocycles. The first-order valence-corrected chi connectivity index (χ1v) is 7.42. The van der Waals surface area contributed by atoms with Crippen molar-refractivity contribution in [2.75, 3.05) is 5.32 Å². The number of halogens is 3. The zero-order valence-corrected chi connectivity index (χ0v) is 13.4. The van der Waals surface area contributed by atoms with Crippen LogP contribution in [0.25, 0.3) is 6.08 Å². The highest BCUT2D eigenvalue weighted by atomic mass is 19.4. The lowest BCUT2D eigenvalue weighted by atomic mass is 9.99.